The summed E-state index contributed by atoms with van der Waals surface area (Å²) in [5.74, 6) is 1.65. The van der Waals surface area contributed by atoms with Crippen molar-refractivity contribution in [3.63, 3.8) is 0 Å². The molecule has 2 aliphatic carbocycles. The summed E-state index contributed by atoms with van der Waals surface area (Å²) in [6, 6.07) is 59.7. The second kappa shape index (κ2) is 19.6. The molecular formula is C62H52N4O2. The average molecular weight is 885 g/mol. The van der Waals surface area contributed by atoms with Crippen LogP contribution in [0.25, 0.3) is 35.1 Å². The van der Waals surface area contributed by atoms with E-state index in [2.05, 4.69) is 131 Å². The van der Waals surface area contributed by atoms with Gasteiger partial charge in [-0.2, -0.15) is 10.5 Å². The van der Waals surface area contributed by atoms with Crippen molar-refractivity contribution >= 4 is 69.2 Å². The van der Waals surface area contributed by atoms with E-state index in [-0.39, 0.29) is 0 Å². The number of nitriles is 2. The number of ether oxygens (including phenoxy) is 2. The van der Waals surface area contributed by atoms with E-state index in [1.165, 1.54) is 59.3 Å². The van der Waals surface area contributed by atoms with Gasteiger partial charge in [0.25, 0.3) is 0 Å². The van der Waals surface area contributed by atoms with Gasteiger partial charge in [-0.3, -0.25) is 0 Å². The fraction of sp³-hybridized carbons (Fsp3) is 0.161. The standard InChI is InChI=1S/C62H52N4O2/c1-67-53-35-31-51(32-36-53)65(61-15-7-11-45-9-3-5-13-55(45)61)49-27-19-43(20-28-49)17-23-47-25-39-58-57(59(47)41-63)40-26-48(60(58)42-64)24-18-44-21-29-50(30-22-44)66(52-33-37-54(68-2)38-34-52)62-16-8-12-46-10-4-6-14-56(46)62/h7-8,11-12,15-40H,3-6,9-10,13-14H2,1-2H3. The minimum Gasteiger partial charge on any atom is -0.497 e. The zero-order valence-electron chi connectivity index (χ0n) is 38.6. The van der Waals surface area contributed by atoms with E-state index in [9.17, 15) is 10.5 Å². The van der Waals surface area contributed by atoms with Gasteiger partial charge < -0.3 is 19.3 Å². The number of aryl methyl sites for hydroxylation is 2. The van der Waals surface area contributed by atoms with Crippen LogP contribution in [0, 0.1) is 22.7 Å². The van der Waals surface area contributed by atoms with Crippen LogP contribution in [0.2, 0.25) is 0 Å². The van der Waals surface area contributed by atoms with Crippen molar-refractivity contribution in [2.24, 2.45) is 0 Å². The molecule has 0 atom stereocenters. The molecule has 0 unspecified atom stereocenters. The predicted octanol–water partition coefficient (Wildman–Crippen LogP) is 15.6. The molecule has 0 saturated heterocycles. The monoisotopic (exact) mass is 884 g/mol. The molecule has 0 bridgehead atoms. The number of nitrogens with zero attached hydrogens (tertiary/aromatic N) is 4. The highest BCUT2D eigenvalue weighted by molar-refractivity contribution is 5.98. The van der Waals surface area contributed by atoms with E-state index >= 15 is 0 Å². The highest BCUT2D eigenvalue weighted by atomic mass is 16.5. The summed E-state index contributed by atoms with van der Waals surface area (Å²) >= 11 is 0. The van der Waals surface area contributed by atoms with Crippen molar-refractivity contribution in [2.45, 2.75) is 51.4 Å². The third-order valence-electron chi connectivity index (χ3n) is 13.6. The Bertz CT molecular complexity index is 3040. The third-order valence-corrected chi connectivity index (χ3v) is 13.6. The quantitative estimate of drug-likeness (QED) is 0.114. The summed E-state index contributed by atoms with van der Waals surface area (Å²) in [7, 11) is 3.39. The Labute approximate surface area is 399 Å². The van der Waals surface area contributed by atoms with Crippen LogP contribution in [0.5, 0.6) is 11.5 Å². The maximum Gasteiger partial charge on any atom is 0.119 e. The van der Waals surface area contributed by atoms with Gasteiger partial charge in [0.05, 0.1) is 25.3 Å². The first-order valence-electron chi connectivity index (χ1n) is 23.6. The van der Waals surface area contributed by atoms with Crippen molar-refractivity contribution in [2.75, 3.05) is 24.0 Å². The fourth-order valence-electron chi connectivity index (χ4n) is 10.1. The zero-order valence-corrected chi connectivity index (χ0v) is 38.6. The molecule has 2 aliphatic rings. The second-order valence-corrected chi connectivity index (χ2v) is 17.5. The van der Waals surface area contributed by atoms with E-state index in [0.717, 1.165) is 93.0 Å². The molecule has 0 aliphatic heterocycles. The van der Waals surface area contributed by atoms with E-state index < -0.39 is 0 Å². The first-order valence-corrected chi connectivity index (χ1v) is 23.6. The lowest BCUT2D eigenvalue weighted by molar-refractivity contribution is 0.414. The normalized spacial score (nSPS) is 13.1. The Morgan fingerprint density at radius 2 is 0.779 bits per heavy atom. The van der Waals surface area contributed by atoms with Crippen LogP contribution in [-0.4, -0.2) is 14.2 Å². The van der Waals surface area contributed by atoms with Crippen LogP contribution in [-0.2, 0) is 25.7 Å². The lowest BCUT2D eigenvalue weighted by atomic mass is 9.90. The number of anilines is 6. The molecule has 332 valence electrons. The maximum absolute atomic E-state index is 10.5. The highest BCUT2D eigenvalue weighted by Gasteiger charge is 2.22. The van der Waals surface area contributed by atoms with Crippen molar-refractivity contribution in [3.8, 4) is 23.6 Å². The van der Waals surface area contributed by atoms with Gasteiger partial charge in [-0.05, 0) is 181 Å². The minimum atomic E-state index is 0.540. The van der Waals surface area contributed by atoms with E-state index in [1.54, 1.807) is 14.2 Å². The number of methoxy groups -OCH3 is 2. The van der Waals surface area contributed by atoms with Crippen LogP contribution in [0.3, 0.4) is 0 Å². The Morgan fingerprint density at radius 3 is 1.15 bits per heavy atom. The summed E-state index contributed by atoms with van der Waals surface area (Å²) in [5.41, 5.74) is 17.1. The molecule has 10 rings (SSSR count). The van der Waals surface area contributed by atoms with Crippen LogP contribution in [0.15, 0.2) is 158 Å². The number of hydrogen-bond donors (Lipinski definition) is 0. The van der Waals surface area contributed by atoms with Gasteiger partial charge >= 0.3 is 0 Å². The van der Waals surface area contributed by atoms with E-state index in [0.29, 0.717) is 11.1 Å². The number of benzene rings is 8. The van der Waals surface area contributed by atoms with Crippen LogP contribution in [0.4, 0.5) is 34.1 Å². The highest BCUT2D eigenvalue weighted by Crippen LogP contribution is 2.42. The van der Waals surface area contributed by atoms with Gasteiger partial charge in [0.2, 0.25) is 0 Å². The second-order valence-electron chi connectivity index (χ2n) is 17.5. The van der Waals surface area contributed by atoms with E-state index in [4.69, 9.17) is 9.47 Å². The Balaban J connectivity index is 0.904. The molecule has 0 fully saturated rings. The number of rotatable bonds is 12. The topological polar surface area (TPSA) is 72.5 Å². The third kappa shape index (κ3) is 8.73. The van der Waals surface area contributed by atoms with Crippen molar-refractivity contribution < 1.29 is 9.47 Å². The van der Waals surface area contributed by atoms with Crippen LogP contribution >= 0.6 is 0 Å². The first kappa shape index (κ1) is 43.6. The largest absolute Gasteiger partial charge is 0.497 e. The van der Waals surface area contributed by atoms with Crippen LogP contribution < -0.4 is 19.3 Å². The molecule has 0 saturated carbocycles. The van der Waals surface area contributed by atoms with Gasteiger partial charge in [-0.25, -0.2) is 0 Å². The van der Waals surface area contributed by atoms with E-state index in [1.807, 2.05) is 72.8 Å². The molecule has 0 spiro atoms. The summed E-state index contributed by atoms with van der Waals surface area (Å²) < 4.78 is 11.0. The van der Waals surface area contributed by atoms with Gasteiger partial charge in [-0.15, -0.1) is 0 Å². The van der Waals surface area contributed by atoms with Gasteiger partial charge in [0, 0.05) is 44.9 Å². The molecule has 8 aromatic rings. The maximum atomic E-state index is 10.5. The average Bonchev–Trinajstić information content (AvgIpc) is 3.40. The predicted molar refractivity (Wildman–Crippen MR) is 280 cm³/mol. The zero-order chi connectivity index (χ0) is 46.4. The molecular weight excluding hydrogens is 833 g/mol. The SMILES string of the molecule is COc1ccc(N(c2ccc(C=Cc3ccc4c(C#N)c(C=Cc5ccc(N(c6ccc(OC)cc6)c6cccc7c6CCCC7)cc5)ccc4c3C#N)cc2)c2cccc3c2CCCC3)cc1. The Morgan fingerprint density at radius 1 is 0.412 bits per heavy atom. The summed E-state index contributed by atoms with van der Waals surface area (Å²) in [5, 5.41) is 22.5. The molecule has 8 aromatic carbocycles. The molecule has 0 amide bonds. The smallest absolute Gasteiger partial charge is 0.119 e. The summed E-state index contributed by atoms with van der Waals surface area (Å²) in [4.78, 5) is 4.69. The molecule has 0 aromatic heterocycles. The van der Waals surface area contributed by atoms with Crippen molar-refractivity contribution in [3.05, 3.63) is 213 Å². The minimum absolute atomic E-state index is 0.540. The van der Waals surface area contributed by atoms with Crippen LogP contribution in [0.1, 0.15) is 81.3 Å². The molecule has 6 nitrogen and oxygen atoms in total. The fourth-order valence-corrected chi connectivity index (χ4v) is 10.1. The molecule has 68 heavy (non-hydrogen) atoms. The number of fused-ring (bicyclic) bond motifs is 3. The number of hydrogen-bond acceptors (Lipinski definition) is 6. The van der Waals surface area contributed by atoms with Crippen molar-refractivity contribution in [1.82, 2.24) is 0 Å². The Hall–Kier alpha value is -8.32. The lowest BCUT2D eigenvalue weighted by Crippen LogP contribution is -2.15. The molecule has 6 heteroatoms. The Kier molecular flexibility index (Phi) is 12.6. The molecule has 0 heterocycles. The summed E-state index contributed by atoms with van der Waals surface area (Å²) in [6.07, 6.45) is 17.3. The first-order chi connectivity index (χ1) is 33.5. The molecule has 0 radical (unpaired) electrons. The van der Waals surface area contributed by atoms with Gasteiger partial charge in [-0.1, -0.05) is 97.1 Å². The van der Waals surface area contributed by atoms with Gasteiger partial charge in [0.15, 0.2) is 0 Å². The lowest BCUT2D eigenvalue weighted by Gasteiger charge is -2.30. The van der Waals surface area contributed by atoms with Gasteiger partial charge in [0.1, 0.15) is 23.6 Å². The summed E-state index contributed by atoms with van der Waals surface area (Å²) in [6.45, 7) is 0. The molecule has 0 N–H and O–H groups in total. The van der Waals surface area contributed by atoms with Crippen molar-refractivity contribution in [1.29, 1.82) is 10.5 Å².